The summed E-state index contributed by atoms with van der Waals surface area (Å²) in [5.74, 6) is -0.883. The molecule has 0 aliphatic rings. The maximum atomic E-state index is 10.3. The molecule has 0 atom stereocenters. The summed E-state index contributed by atoms with van der Waals surface area (Å²) in [5.41, 5.74) is 1.37. The van der Waals surface area contributed by atoms with Crippen molar-refractivity contribution in [3.05, 3.63) is 29.3 Å². The number of phenols is 1. The number of benzene rings is 1. The van der Waals surface area contributed by atoms with E-state index >= 15 is 0 Å². The van der Waals surface area contributed by atoms with Crippen LogP contribution in [-0.4, -0.2) is 16.2 Å². The van der Waals surface area contributed by atoms with Crippen LogP contribution in [0.25, 0.3) is 0 Å². The highest BCUT2D eigenvalue weighted by atomic mass is 16.4. The van der Waals surface area contributed by atoms with Crippen LogP contribution in [0.3, 0.4) is 0 Å². The monoisotopic (exact) mass is 196 g/mol. The van der Waals surface area contributed by atoms with Crippen molar-refractivity contribution < 1.29 is 15.0 Å². The molecule has 1 aromatic carbocycles. The molecule has 0 aliphatic heterocycles. The first kappa shape index (κ1) is 12.5. The molecule has 0 aromatic heterocycles. The summed E-state index contributed by atoms with van der Waals surface area (Å²) in [7, 11) is 0. The minimum atomic E-state index is -0.936. The molecule has 0 spiro atoms. The molecule has 1 aromatic rings. The average molecular weight is 196 g/mol. The van der Waals surface area contributed by atoms with Crippen molar-refractivity contribution in [3.8, 4) is 5.75 Å². The van der Waals surface area contributed by atoms with Crippen molar-refractivity contribution in [2.45, 2.75) is 27.2 Å². The minimum Gasteiger partial charge on any atom is -0.508 e. The third kappa shape index (κ3) is 3.94. The number of aliphatic carboxylic acids is 1. The Morgan fingerprint density at radius 1 is 1.36 bits per heavy atom. The lowest BCUT2D eigenvalue weighted by atomic mass is 10.1. The fourth-order valence-corrected chi connectivity index (χ4v) is 0.986. The third-order valence-corrected chi connectivity index (χ3v) is 1.58. The highest BCUT2D eigenvalue weighted by Crippen LogP contribution is 2.18. The first-order valence-corrected chi connectivity index (χ1v) is 4.60. The van der Waals surface area contributed by atoms with E-state index in [1.54, 1.807) is 18.2 Å². The summed E-state index contributed by atoms with van der Waals surface area (Å²) in [5, 5.41) is 17.7. The summed E-state index contributed by atoms with van der Waals surface area (Å²) in [4.78, 5) is 10.3. The van der Waals surface area contributed by atoms with Gasteiger partial charge in [-0.05, 0) is 18.6 Å². The quantitative estimate of drug-likeness (QED) is 0.763. The molecule has 1 rings (SSSR count). The summed E-state index contributed by atoms with van der Waals surface area (Å²) < 4.78 is 0. The minimum absolute atomic E-state index is 0.0531. The number of carboxylic acids is 1. The first-order valence-electron chi connectivity index (χ1n) is 4.60. The topological polar surface area (TPSA) is 57.5 Å². The Balaban J connectivity index is 0.000000791. The molecule has 14 heavy (non-hydrogen) atoms. The smallest absolute Gasteiger partial charge is 0.307 e. The van der Waals surface area contributed by atoms with Gasteiger partial charge in [0.2, 0.25) is 0 Å². The molecule has 0 unspecified atom stereocenters. The Morgan fingerprint density at radius 3 is 2.36 bits per heavy atom. The molecule has 0 saturated carbocycles. The summed E-state index contributed by atoms with van der Waals surface area (Å²) >= 11 is 0. The van der Waals surface area contributed by atoms with Crippen LogP contribution in [0, 0.1) is 6.92 Å². The lowest BCUT2D eigenvalue weighted by molar-refractivity contribution is -0.136. The number of hydrogen-bond acceptors (Lipinski definition) is 2. The molecule has 0 fully saturated rings. The van der Waals surface area contributed by atoms with Crippen LogP contribution < -0.4 is 0 Å². The van der Waals surface area contributed by atoms with Crippen molar-refractivity contribution in [1.29, 1.82) is 0 Å². The Hall–Kier alpha value is -1.51. The van der Waals surface area contributed by atoms with Gasteiger partial charge in [0, 0.05) is 5.56 Å². The number of carboxylic acid groups (broad SMARTS) is 1. The molecule has 3 heteroatoms. The average Bonchev–Trinajstić information content (AvgIpc) is 2.13. The van der Waals surface area contributed by atoms with E-state index < -0.39 is 5.97 Å². The van der Waals surface area contributed by atoms with Crippen LogP contribution in [0.4, 0.5) is 0 Å². The zero-order valence-corrected chi connectivity index (χ0v) is 8.74. The molecular weight excluding hydrogens is 180 g/mol. The molecule has 0 bridgehead atoms. The van der Waals surface area contributed by atoms with Gasteiger partial charge in [0.25, 0.3) is 0 Å². The molecule has 0 saturated heterocycles. The van der Waals surface area contributed by atoms with Crippen LogP contribution in [0.2, 0.25) is 0 Å². The molecule has 0 aliphatic carbocycles. The van der Waals surface area contributed by atoms with Crippen molar-refractivity contribution in [1.82, 2.24) is 0 Å². The van der Waals surface area contributed by atoms with Gasteiger partial charge in [-0.15, -0.1) is 0 Å². The summed E-state index contributed by atoms with van der Waals surface area (Å²) in [6.45, 7) is 5.84. The van der Waals surface area contributed by atoms with Gasteiger partial charge in [0.05, 0.1) is 6.42 Å². The van der Waals surface area contributed by atoms with E-state index in [-0.39, 0.29) is 12.2 Å². The second-order valence-corrected chi connectivity index (χ2v) is 2.70. The number of hydrogen-bond donors (Lipinski definition) is 2. The molecule has 0 radical (unpaired) electrons. The van der Waals surface area contributed by atoms with Crippen LogP contribution in [-0.2, 0) is 11.2 Å². The number of phenolic OH excluding ortho intramolecular Hbond substituents is 1. The van der Waals surface area contributed by atoms with Gasteiger partial charge in [-0.2, -0.15) is 0 Å². The SMILES string of the molecule is CC.Cc1ccc(CC(=O)O)c(O)c1. The zero-order chi connectivity index (χ0) is 11.1. The molecule has 78 valence electrons. The Kier molecular flexibility index (Phi) is 5.37. The van der Waals surface area contributed by atoms with Gasteiger partial charge >= 0.3 is 5.97 Å². The van der Waals surface area contributed by atoms with Crippen molar-refractivity contribution in [2.24, 2.45) is 0 Å². The zero-order valence-electron chi connectivity index (χ0n) is 8.74. The molecular formula is C11H16O3. The highest BCUT2D eigenvalue weighted by Gasteiger charge is 2.04. The second kappa shape index (κ2) is 6.02. The van der Waals surface area contributed by atoms with Crippen molar-refractivity contribution in [2.75, 3.05) is 0 Å². The predicted octanol–water partition coefficient (Wildman–Crippen LogP) is 2.35. The summed E-state index contributed by atoms with van der Waals surface area (Å²) in [6.07, 6.45) is -0.133. The predicted molar refractivity (Wildman–Crippen MR) is 55.5 cm³/mol. The van der Waals surface area contributed by atoms with Crippen LogP contribution in [0.15, 0.2) is 18.2 Å². The lowest BCUT2D eigenvalue weighted by Gasteiger charge is -2.01. The van der Waals surface area contributed by atoms with E-state index in [1.165, 1.54) is 0 Å². The number of rotatable bonds is 2. The van der Waals surface area contributed by atoms with Gasteiger partial charge in [0.15, 0.2) is 0 Å². The maximum absolute atomic E-state index is 10.3. The molecule has 2 N–H and O–H groups in total. The second-order valence-electron chi connectivity index (χ2n) is 2.70. The van der Waals surface area contributed by atoms with Crippen molar-refractivity contribution in [3.63, 3.8) is 0 Å². The van der Waals surface area contributed by atoms with Crippen LogP contribution in [0.5, 0.6) is 5.75 Å². The van der Waals surface area contributed by atoms with Gasteiger partial charge < -0.3 is 10.2 Å². The van der Waals surface area contributed by atoms with E-state index in [9.17, 15) is 9.90 Å². The molecule has 0 heterocycles. The summed E-state index contributed by atoms with van der Waals surface area (Å²) in [6, 6.07) is 4.95. The van der Waals surface area contributed by atoms with Crippen LogP contribution in [0.1, 0.15) is 25.0 Å². The Bertz CT molecular complexity index is 305. The largest absolute Gasteiger partial charge is 0.508 e. The first-order chi connectivity index (χ1) is 6.59. The van der Waals surface area contributed by atoms with Gasteiger partial charge in [-0.1, -0.05) is 26.0 Å². The number of aryl methyl sites for hydroxylation is 1. The number of aromatic hydroxyl groups is 1. The maximum Gasteiger partial charge on any atom is 0.307 e. The van der Waals surface area contributed by atoms with E-state index in [0.29, 0.717) is 5.56 Å². The fraction of sp³-hybridized carbons (Fsp3) is 0.364. The normalized spacial score (nSPS) is 8.79. The molecule has 3 nitrogen and oxygen atoms in total. The van der Waals surface area contributed by atoms with Gasteiger partial charge in [-0.25, -0.2) is 0 Å². The van der Waals surface area contributed by atoms with E-state index in [0.717, 1.165) is 5.56 Å². The van der Waals surface area contributed by atoms with Crippen LogP contribution >= 0.6 is 0 Å². The molecule has 0 amide bonds. The van der Waals surface area contributed by atoms with Gasteiger partial charge in [0.1, 0.15) is 5.75 Å². The van der Waals surface area contributed by atoms with E-state index in [2.05, 4.69) is 0 Å². The number of carbonyl (C=O) groups is 1. The van der Waals surface area contributed by atoms with E-state index in [4.69, 9.17) is 5.11 Å². The van der Waals surface area contributed by atoms with Gasteiger partial charge in [-0.3, -0.25) is 4.79 Å². The van der Waals surface area contributed by atoms with Crippen molar-refractivity contribution >= 4 is 5.97 Å². The van der Waals surface area contributed by atoms with E-state index in [1.807, 2.05) is 20.8 Å². The Labute approximate surface area is 84.0 Å². The lowest BCUT2D eigenvalue weighted by Crippen LogP contribution is -2.00. The standard InChI is InChI=1S/C9H10O3.C2H6/c1-6-2-3-7(5-9(11)12)8(10)4-6;1-2/h2-4,10H,5H2,1H3,(H,11,12);1-2H3. The highest BCUT2D eigenvalue weighted by molar-refractivity contribution is 5.71. The third-order valence-electron chi connectivity index (χ3n) is 1.58. The fourth-order valence-electron chi connectivity index (χ4n) is 0.986. The Morgan fingerprint density at radius 2 is 1.93 bits per heavy atom.